The average Bonchev–Trinajstić information content (AvgIpc) is 2.34. The maximum Gasteiger partial charge on any atom is 0.371 e. The van der Waals surface area contributed by atoms with Gasteiger partial charge in [-0.25, -0.2) is 4.79 Å². The number of carboxylic acids is 1. The number of methoxy groups -OCH3 is 1. The number of carboxylic acid groups (broad SMARTS) is 1. The Morgan fingerprint density at radius 3 is 2.71 bits per heavy atom. The molecule has 0 bridgehead atoms. The molecule has 0 radical (unpaired) electrons. The van der Waals surface area contributed by atoms with Crippen LogP contribution >= 0.6 is 0 Å². The molecule has 92 valence electrons. The van der Waals surface area contributed by atoms with Crippen molar-refractivity contribution in [3.05, 3.63) is 41.2 Å². The van der Waals surface area contributed by atoms with Crippen molar-refractivity contribution in [1.29, 1.82) is 0 Å². The van der Waals surface area contributed by atoms with Gasteiger partial charge >= 0.3 is 5.97 Å². The number of aryl methyl sites for hydroxylation is 1. The standard InChI is InChI=1S/C14H18O3/c1-3-4-7-11-8-5-6-9-12(11)10-13(17-2)14(15)16/h5-6,8-10H,3-4,7H2,1-2H3,(H,15,16). The van der Waals surface area contributed by atoms with Gasteiger partial charge in [-0.2, -0.15) is 0 Å². The first-order valence-corrected chi connectivity index (χ1v) is 5.76. The highest BCUT2D eigenvalue weighted by Gasteiger charge is 2.08. The summed E-state index contributed by atoms with van der Waals surface area (Å²) in [5, 5.41) is 8.91. The van der Waals surface area contributed by atoms with Crippen molar-refractivity contribution in [2.75, 3.05) is 7.11 Å². The van der Waals surface area contributed by atoms with Crippen molar-refractivity contribution in [2.24, 2.45) is 0 Å². The van der Waals surface area contributed by atoms with Crippen LogP contribution < -0.4 is 0 Å². The van der Waals surface area contributed by atoms with Crippen LogP contribution in [-0.4, -0.2) is 18.2 Å². The molecule has 1 N–H and O–H groups in total. The van der Waals surface area contributed by atoms with E-state index in [0.717, 1.165) is 30.4 Å². The van der Waals surface area contributed by atoms with E-state index in [4.69, 9.17) is 9.84 Å². The fraction of sp³-hybridized carbons (Fsp3) is 0.357. The summed E-state index contributed by atoms with van der Waals surface area (Å²) in [6.45, 7) is 2.14. The normalized spacial score (nSPS) is 11.3. The van der Waals surface area contributed by atoms with Crippen LogP contribution in [0.4, 0.5) is 0 Å². The van der Waals surface area contributed by atoms with Gasteiger partial charge in [0.25, 0.3) is 0 Å². The van der Waals surface area contributed by atoms with Crippen LogP contribution in [0, 0.1) is 0 Å². The zero-order chi connectivity index (χ0) is 12.7. The highest BCUT2D eigenvalue weighted by molar-refractivity contribution is 5.90. The molecule has 3 heteroatoms. The number of carbonyl (C=O) groups is 1. The molecule has 17 heavy (non-hydrogen) atoms. The minimum Gasteiger partial charge on any atom is -0.490 e. The van der Waals surface area contributed by atoms with Crippen LogP contribution in [0.3, 0.4) is 0 Å². The molecule has 0 aromatic heterocycles. The van der Waals surface area contributed by atoms with Gasteiger partial charge in [-0.05, 0) is 30.0 Å². The summed E-state index contributed by atoms with van der Waals surface area (Å²) >= 11 is 0. The lowest BCUT2D eigenvalue weighted by atomic mass is 10.0. The lowest BCUT2D eigenvalue weighted by molar-refractivity contribution is -0.135. The van der Waals surface area contributed by atoms with E-state index in [1.807, 2.05) is 24.3 Å². The first kappa shape index (κ1) is 13.3. The smallest absolute Gasteiger partial charge is 0.371 e. The first-order valence-electron chi connectivity index (χ1n) is 5.76. The topological polar surface area (TPSA) is 46.5 Å². The molecular weight excluding hydrogens is 216 g/mol. The molecule has 0 aliphatic heterocycles. The van der Waals surface area contributed by atoms with Gasteiger partial charge in [-0.3, -0.25) is 0 Å². The Kier molecular flexibility index (Phi) is 5.27. The predicted molar refractivity (Wildman–Crippen MR) is 67.7 cm³/mol. The number of aliphatic carboxylic acids is 1. The predicted octanol–water partition coefficient (Wildman–Crippen LogP) is 3.10. The summed E-state index contributed by atoms with van der Waals surface area (Å²) < 4.78 is 4.84. The van der Waals surface area contributed by atoms with Crippen molar-refractivity contribution in [1.82, 2.24) is 0 Å². The number of hydrogen-bond donors (Lipinski definition) is 1. The Balaban J connectivity index is 3.00. The van der Waals surface area contributed by atoms with Gasteiger partial charge < -0.3 is 9.84 Å². The van der Waals surface area contributed by atoms with E-state index in [9.17, 15) is 4.79 Å². The summed E-state index contributed by atoms with van der Waals surface area (Å²) in [7, 11) is 1.37. The molecule has 1 aromatic carbocycles. The van der Waals surface area contributed by atoms with Crippen LogP contribution in [0.25, 0.3) is 6.08 Å². The largest absolute Gasteiger partial charge is 0.490 e. The fourth-order valence-electron chi connectivity index (χ4n) is 1.62. The van der Waals surface area contributed by atoms with Crippen molar-refractivity contribution < 1.29 is 14.6 Å². The molecule has 0 heterocycles. The highest BCUT2D eigenvalue weighted by atomic mass is 16.5. The second-order valence-electron chi connectivity index (χ2n) is 3.82. The van der Waals surface area contributed by atoms with Crippen LogP contribution in [0.15, 0.2) is 30.0 Å². The molecular formula is C14H18O3. The van der Waals surface area contributed by atoms with Gasteiger partial charge in [0.15, 0.2) is 0 Å². The van der Waals surface area contributed by atoms with Crippen molar-refractivity contribution in [3.8, 4) is 0 Å². The van der Waals surface area contributed by atoms with Gasteiger partial charge in [0, 0.05) is 0 Å². The van der Waals surface area contributed by atoms with E-state index >= 15 is 0 Å². The van der Waals surface area contributed by atoms with Crippen molar-refractivity contribution >= 4 is 12.0 Å². The minimum atomic E-state index is -1.04. The van der Waals surface area contributed by atoms with Gasteiger partial charge in [-0.15, -0.1) is 0 Å². The van der Waals surface area contributed by atoms with Gasteiger partial charge in [-0.1, -0.05) is 37.6 Å². The molecule has 0 saturated heterocycles. The molecule has 0 aliphatic rings. The molecule has 0 fully saturated rings. The van der Waals surface area contributed by atoms with E-state index < -0.39 is 5.97 Å². The quantitative estimate of drug-likeness (QED) is 0.607. The molecule has 1 rings (SSSR count). The monoisotopic (exact) mass is 234 g/mol. The fourth-order valence-corrected chi connectivity index (χ4v) is 1.62. The Morgan fingerprint density at radius 1 is 1.41 bits per heavy atom. The van der Waals surface area contributed by atoms with E-state index in [2.05, 4.69) is 6.92 Å². The second kappa shape index (κ2) is 6.74. The number of rotatable bonds is 6. The molecule has 0 amide bonds. The number of unbranched alkanes of at least 4 members (excludes halogenated alkanes) is 1. The zero-order valence-corrected chi connectivity index (χ0v) is 10.3. The summed E-state index contributed by atoms with van der Waals surface area (Å²) in [5.74, 6) is -1.08. The van der Waals surface area contributed by atoms with Crippen LogP contribution in [-0.2, 0) is 16.0 Å². The number of hydrogen-bond acceptors (Lipinski definition) is 2. The third-order valence-corrected chi connectivity index (χ3v) is 2.57. The average molecular weight is 234 g/mol. The van der Waals surface area contributed by atoms with Crippen LogP contribution in [0.1, 0.15) is 30.9 Å². The molecule has 0 saturated carbocycles. The van der Waals surface area contributed by atoms with Crippen LogP contribution in [0.2, 0.25) is 0 Å². The zero-order valence-electron chi connectivity index (χ0n) is 10.3. The molecule has 0 atom stereocenters. The number of benzene rings is 1. The molecule has 0 unspecified atom stereocenters. The van der Waals surface area contributed by atoms with E-state index in [1.165, 1.54) is 7.11 Å². The molecule has 0 aliphatic carbocycles. The molecule has 3 nitrogen and oxygen atoms in total. The van der Waals surface area contributed by atoms with Crippen LogP contribution in [0.5, 0.6) is 0 Å². The van der Waals surface area contributed by atoms with Crippen molar-refractivity contribution in [2.45, 2.75) is 26.2 Å². The molecule has 0 spiro atoms. The van der Waals surface area contributed by atoms with E-state index in [0.29, 0.717) is 0 Å². The second-order valence-corrected chi connectivity index (χ2v) is 3.82. The minimum absolute atomic E-state index is 0.0334. The summed E-state index contributed by atoms with van der Waals surface area (Å²) in [6, 6.07) is 7.80. The molecule has 1 aromatic rings. The van der Waals surface area contributed by atoms with Gasteiger partial charge in [0.05, 0.1) is 7.11 Å². The third kappa shape index (κ3) is 3.94. The lowest BCUT2D eigenvalue weighted by Crippen LogP contribution is -2.02. The van der Waals surface area contributed by atoms with E-state index in [1.54, 1.807) is 6.08 Å². The lowest BCUT2D eigenvalue weighted by Gasteiger charge is -2.06. The Labute approximate surface area is 102 Å². The maximum atomic E-state index is 10.9. The van der Waals surface area contributed by atoms with Gasteiger partial charge in [0.1, 0.15) is 0 Å². The first-order chi connectivity index (χ1) is 8.19. The summed E-state index contributed by atoms with van der Waals surface area (Å²) in [5.41, 5.74) is 2.07. The summed E-state index contributed by atoms with van der Waals surface area (Å²) in [4.78, 5) is 10.9. The Bertz CT molecular complexity index is 408. The maximum absolute atomic E-state index is 10.9. The van der Waals surface area contributed by atoms with E-state index in [-0.39, 0.29) is 5.76 Å². The van der Waals surface area contributed by atoms with Crippen molar-refractivity contribution in [3.63, 3.8) is 0 Å². The SMILES string of the molecule is CCCCc1ccccc1C=C(OC)C(=O)O. The highest BCUT2D eigenvalue weighted by Crippen LogP contribution is 2.16. The Hall–Kier alpha value is -1.77. The Morgan fingerprint density at radius 2 is 2.12 bits per heavy atom. The third-order valence-electron chi connectivity index (χ3n) is 2.57. The van der Waals surface area contributed by atoms with Gasteiger partial charge in [0.2, 0.25) is 5.76 Å². The summed E-state index contributed by atoms with van der Waals surface area (Å²) in [6.07, 6.45) is 4.75. The number of ether oxygens (including phenoxy) is 1.